The smallest absolute Gasteiger partial charge is 0.262 e. The van der Waals surface area contributed by atoms with E-state index in [9.17, 15) is 18.8 Å². The fraction of sp³-hybridized carbons (Fsp3) is 0.250. The van der Waals surface area contributed by atoms with Gasteiger partial charge in [0, 0.05) is 18.7 Å². The van der Waals surface area contributed by atoms with Gasteiger partial charge in [0.1, 0.15) is 23.9 Å². The van der Waals surface area contributed by atoms with Crippen molar-refractivity contribution >= 4 is 29.1 Å². The Morgan fingerprint density at radius 3 is 2.83 bits per heavy atom. The summed E-state index contributed by atoms with van der Waals surface area (Å²) in [5.41, 5.74) is 1.05. The molecule has 2 N–H and O–H groups in total. The van der Waals surface area contributed by atoms with Gasteiger partial charge in [-0.15, -0.1) is 0 Å². The van der Waals surface area contributed by atoms with Crippen molar-refractivity contribution < 1.29 is 28.2 Å². The number of hydrogen-bond acceptors (Lipinski definition) is 5. The Morgan fingerprint density at radius 1 is 1.21 bits per heavy atom. The second-order valence-electron chi connectivity index (χ2n) is 6.68. The van der Waals surface area contributed by atoms with Crippen molar-refractivity contribution in [2.45, 2.75) is 12.5 Å². The van der Waals surface area contributed by atoms with E-state index in [-0.39, 0.29) is 42.8 Å². The van der Waals surface area contributed by atoms with Gasteiger partial charge in [-0.05, 0) is 30.3 Å². The molecule has 0 aromatic heterocycles. The molecule has 0 spiro atoms. The molecule has 2 aliphatic rings. The van der Waals surface area contributed by atoms with Gasteiger partial charge in [-0.25, -0.2) is 4.39 Å². The lowest BCUT2D eigenvalue weighted by molar-refractivity contribution is -0.121. The molecule has 2 aliphatic heterocycles. The molecule has 0 aliphatic carbocycles. The molecule has 8 nitrogen and oxygen atoms in total. The highest BCUT2D eigenvalue weighted by atomic mass is 19.1. The summed E-state index contributed by atoms with van der Waals surface area (Å²) in [5.74, 6) is -0.777. The van der Waals surface area contributed by atoms with E-state index < -0.39 is 17.8 Å². The lowest BCUT2D eigenvalue weighted by Crippen LogP contribution is -2.49. The zero-order valence-corrected chi connectivity index (χ0v) is 15.5. The Kier molecular flexibility index (Phi) is 4.79. The van der Waals surface area contributed by atoms with E-state index >= 15 is 0 Å². The Labute approximate surface area is 165 Å². The molecule has 29 heavy (non-hydrogen) atoms. The summed E-state index contributed by atoms with van der Waals surface area (Å²) in [7, 11) is 1.51. The van der Waals surface area contributed by atoms with E-state index in [0.717, 1.165) is 0 Å². The molecule has 0 bridgehead atoms. The highest BCUT2D eigenvalue weighted by Crippen LogP contribution is 2.37. The zero-order chi connectivity index (χ0) is 20.5. The molecule has 2 heterocycles. The van der Waals surface area contributed by atoms with Gasteiger partial charge in [-0.2, -0.15) is 0 Å². The molecule has 0 radical (unpaired) electrons. The van der Waals surface area contributed by atoms with E-state index in [4.69, 9.17) is 9.47 Å². The van der Waals surface area contributed by atoms with Crippen molar-refractivity contribution in [3.05, 3.63) is 47.8 Å². The lowest BCUT2D eigenvalue weighted by Gasteiger charge is -2.37. The van der Waals surface area contributed by atoms with Crippen LogP contribution in [0, 0.1) is 5.82 Å². The molecule has 150 valence electrons. The minimum atomic E-state index is -0.581. The molecular formula is C20H18FN3O5. The summed E-state index contributed by atoms with van der Waals surface area (Å²) in [6, 6.07) is 7.99. The number of fused-ring (bicyclic) bond motifs is 2. The van der Waals surface area contributed by atoms with Crippen LogP contribution in [0.2, 0.25) is 0 Å². The molecule has 2 aromatic rings. The van der Waals surface area contributed by atoms with Crippen LogP contribution in [0.1, 0.15) is 16.8 Å². The van der Waals surface area contributed by atoms with Crippen molar-refractivity contribution in [1.29, 1.82) is 0 Å². The van der Waals surface area contributed by atoms with E-state index in [0.29, 0.717) is 17.1 Å². The van der Waals surface area contributed by atoms with E-state index in [1.54, 1.807) is 12.1 Å². The monoisotopic (exact) mass is 399 g/mol. The lowest BCUT2D eigenvalue weighted by atomic mass is 10.0. The van der Waals surface area contributed by atoms with Gasteiger partial charge < -0.3 is 20.1 Å². The molecule has 0 unspecified atom stereocenters. The van der Waals surface area contributed by atoms with Gasteiger partial charge >= 0.3 is 0 Å². The number of carbonyl (C=O) groups is 3. The number of anilines is 2. The second-order valence-corrected chi connectivity index (χ2v) is 6.68. The van der Waals surface area contributed by atoms with Crippen molar-refractivity contribution in [3.63, 3.8) is 0 Å². The highest BCUT2D eigenvalue weighted by Gasteiger charge is 2.35. The van der Waals surface area contributed by atoms with Crippen molar-refractivity contribution in [2.75, 3.05) is 30.5 Å². The van der Waals surface area contributed by atoms with Crippen molar-refractivity contribution in [3.8, 4) is 11.5 Å². The molecular weight excluding hydrogens is 381 g/mol. The minimum absolute atomic E-state index is 0.0177. The van der Waals surface area contributed by atoms with Crippen LogP contribution < -0.4 is 25.0 Å². The fourth-order valence-corrected chi connectivity index (χ4v) is 3.36. The van der Waals surface area contributed by atoms with Crippen molar-refractivity contribution in [1.82, 2.24) is 5.32 Å². The topological polar surface area (TPSA) is 97.0 Å². The van der Waals surface area contributed by atoms with Crippen LogP contribution in [0.4, 0.5) is 15.8 Å². The van der Waals surface area contributed by atoms with E-state index in [2.05, 4.69) is 10.6 Å². The van der Waals surface area contributed by atoms with Crippen LogP contribution in [0.25, 0.3) is 0 Å². The Morgan fingerprint density at radius 2 is 2.03 bits per heavy atom. The van der Waals surface area contributed by atoms with Gasteiger partial charge in [-0.1, -0.05) is 0 Å². The number of hydrogen-bond donors (Lipinski definition) is 2. The van der Waals surface area contributed by atoms with Gasteiger partial charge in [-0.3, -0.25) is 19.3 Å². The Balaban J connectivity index is 1.72. The summed E-state index contributed by atoms with van der Waals surface area (Å²) in [5, 5.41) is 5.20. The first-order valence-corrected chi connectivity index (χ1v) is 8.99. The maximum absolute atomic E-state index is 13.6. The van der Waals surface area contributed by atoms with Gasteiger partial charge in [0.15, 0.2) is 6.61 Å². The summed E-state index contributed by atoms with van der Waals surface area (Å²) < 4.78 is 24.5. The number of nitrogens with zero attached hydrogens (tertiary/aromatic N) is 1. The summed E-state index contributed by atoms with van der Waals surface area (Å²) >= 11 is 0. The third-order valence-corrected chi connectivity index (χ3v) is 4.76. The van der Waals surface area contributed by atoms with Gasteiger partial charge in [0.05, 0.1) is 23.8 Å². The molecule has 1 atom stereocenters. The van der Waals surface area contributed by atoms with Crippen LogP contribution >= 0.6 is 0 Å². The van der Waals surface area contributed by atoms with Crippen molar-refractivity contribution in [2.24, 2.45) is 0 Å². The predicted octanol–water partition coefficient (Wildman–Crippen LogP) is 1.70. The van der Waals surface area contributed by atoms with E-state index in [1.165, 1.54) is 36.2 Å². The van der Waals surface area contributed by atoms with Crippen LogP contribution in [0.5, 0.6) is 11.5 Å². The summed E-state index contributed by atoms with van der Waals surface area (Å²) in [6.45, 7) is -0.0443. The molecule has 3 amide bonds. The number of carbonyl (C=O) groups excluding carboxylic acids is 3. The number of amides is 3. The average Bonchev–Trinajstić information content (AvgIpc) is 2.72. The van der Waals surface area contributed by atoms with Crippen LogP contribution in [-0.4, -0.2) is 44.0 Å². The van der Waals surface area contributed by atoms with Gasteiger partial charge in [0.25, 0.3) is 11.8 Å². The summed E-state index contributed by atoms with van der Waals surface area (Å²) in [6.07, 6.45) is 0.0177. The molecule has 0 fully saturated rings. The zero-order valence-electron chi connectivity index (χ0n) is 15.5. The fourth-order valence-electron chi connectivity index (χ4n) is 3.36. The average molecular weight is 399 g/mol. The number of benzene rings is 2. The standard InChI is InChI=1S/C20H18FN3O5/c1-22-18(25)8-13-9-28-17-7-12(21)3-4-15(17)24(13)20(27)11-2-5-16-14(6-11)23-19(26)10-29-16/h2-7,13H,8-10H2,1H3,(H,22,25)(H,23,26)/t13-/m1/s1. The Bertz CT molecular complexity index is 1010. The first-order valence-electron chi connectivity index (χ1n) is 8.99. The molecule has 0 saturated heterocycles. The third-order valence-electron chi connectivity index (χ3n) is 4.76. The molecule has 0 saturated carbocycles. The quantitative estimate of drug-likeness (QED) is 0.819. The number of rotatable bonds is 3. The van der Waals surface area contributed by atoms with Gasteiger partial charge in [0.2, 0.25) is 5.91 Å². The normalized spacial score (nSPS) is 17.2. The van der Waals surface area contributed by atoms with Crippen LogP contribution in [-0.2, 0) is 9.59 Å². The number of ether oxygens (including phenoxy) is 2. The first kappa shape index (κ1) is 18.7. The first-order chi connectivity index (χ1) is 14.0. The molecule has 4 rings (SSSR count). The predicted molar refractivity (Wildman–Crippen MR) is 102 cm³/mol. The number of halogens is 1. The minimum Gasteiger partial charge on any atom is -0.489 e. The molecule has 9 heteroatoms. The SMILES string of the molecule is CNC(=O)C[C@@H]1COc2cc(F)ccc2N1C(=O)c1ccc2c(c1)NC(=O)CO2. The van der Waals surface area contributed by atoms with E-state index in [1.807, 2.05) is 0 Å². The van der Waals surface area contributed by atoms with Crippen LogP contribution in [0.3, 0.4) is 0 Å². The molecule has 2 aromatic carbocycles. The highest BCUT2D eigenvalue weighted by molar-refractivity contribution is 6.09. The Hall–Kier alpha value is -3.62. The maximum atomic E-state index is 13.6. The third kappa shape index (κ3) is 3.58. The second kappa shape index (κ2) is 7.42. The van der Waals surface area contributed by atoms with Crippen LogP contribution in [0.15, 0.2) is 36.4 Å². The summed E-state index contributed by atoms with van der Waals surface area (Å²) in [4.78, 5) is 38.4. The maximum Gasteiger partial charge on any atom is 0.262 e. The number of nitrogens with one attached hydrogen (secondary N) is 2. The largest absolute Gasteiger partial charge is 0.489 e.